The number of hydrogen-bond acceptors (Lipinski definition) is 12. The molecule has 280 valence electrons. The van der Waals surface area contributed by atoms with Crippen LogP contribution in [0, 0.1) is 6.92 Å². The zero-order valence-corrected chi connectivity index (χ0v) is 30.0. The summed E-state index contributed by atoms with van der Waals surface area (Å²) in [6, 6.07) is 3.76. The number of nitrogens with zero attached hydrogens (tertiary/aromatic N) is 7. The highest BCUT2D eigenvalue weighted by Gasteiger charge is 2.32. The molecule has 4 aromatic rings. The Morgan fingerprint density at radius 1 is 1.08 bits per heavy atom. The highest BCUT2D eigenvalue weighted by molar-refractivity contribution is 7.13. The van der Waals surface area contributed by atoms with Crippen molar-refractivity contribution in [2.24, 2.45) is 0 Å². The number of aromatic nitrogens is 6. The van der Waals surface area contributed by atoms with E-state index in [1.807, 2.05) is 32.6 Å². The summed E-state index contributed by atoms with van der Waals surface area (Å²) in [6.45, 7) is 6.71. The number of aryl methyl sites for hydroxylation is 1. The summed E-state index contributed by atoms with van der Waals surface area (Å²) in [6.07, 6.45) is 0.132. The lowest BCUT2D eigenvalue weighted by atomic mass is 9.93. The Balaban J connectivity index is 1.14. The van der Waals surface area contributed by atoms with Crippen LogP contribution in [0.25, 0.3) is 16.9 Å². The van der Waals surface area contributed by atoms with Gasteiger partial charge in [0.15, 0.2) is 10.7 Å². The summed E-state index contributed by atoms with van der Waals surface area (Å²) in [5, 5.41) is 15.0. The second-order valence-electron chi connectivity index (χ2n) is 14.0. The van der Waals surface area contributed by atoms with Crippen LogP contribution in [0.2, 0.25) is 0 Å². The number of nitrogens with two attached hydrogens (primary N) is 1. The number of halogens is 3. The molecule has 0 spiro atoms. The van der Waals surface area contributed by atoms with E-state index in [1.54, 1.807) is 6.07 Å². The number of carbonyl (C=O) groups is 2. The van der Waals surface area contributed by atoms with Crippen molar-refractivity contribution >= 4 is 40.4 Å². The molecule has 0 unspecified atom stereocenters. The molecule has 5 heterocycles. The molecule has 2 amide bonds. The van der Waals surface area contributed by atoms with Gasteiger partial charge in [0, 0.05) is 31.2 Å². The maximum Gasteiger partial charge on any atom is 0.408 e. The second kappa shape index (κ2) is 14.6. The molecule has 2 aliphatic rings. The van der Waals surface area contributed by atoms with Crippen molar-refractivity contribution in [3.8, 4) is 17.3 Å². The summed E-state index contributed by atoms with van der Waals surface area (Å²) in [5.74, 6) is 0.111. The van der Waals surface area contributed by atoms with Gasteiger partial charge in [0.2, 0.25) is 5.88 Å². The molecule has 1 saturated heterocycles. The van der Waals surface area contributed by atoms with E-state index in [4.69, 9.17) is 15.2 Å². The van der Waals surface area contributed by atoms with Gasteiger partial charge in [0.05, 0.1) is 16.4 Å². The van der Waals surface area contributed by atoms with Crippen LogP contribution in [-0.4, -0.2) is 84.4 Å². The molecule has 1 atom stereocenters. The van der Waals surface area contributed by atoms with Crippen molar-refractivity contribution in [2.75, 3.05) is 23.7 Å². The fraction of sp³-hybridized carbons (Fsp3) is 0.545. The summed E-state index contributed by atoms with van der Waals surface area (Å²) in [4.78, 5) is 49.1. The van der Waals surface area contributed by atoms with E-state index in [-0.39, 0.29) is 41.5 Å². The molecule has 0 radical (unpaired) electrons. The molecular formula is C33H41F3N10O5S. The molecule has 1 aliphatic heterocycles. The Morgan fingerprint density at radius 3 is 2.54 bits per heavy atom. The first-order chi connectivity index (χ1) is 24.5. The van der Waals surface area contributed by atoms with E-state index in [9.17, 15) is 27.6 Å². The number of rotatable bonds is 8. The number of anilines is 2. The van der Waals surface area contributed by atoms with Crippen molar-refractivity contribution < 1.29 is 32.2 Å². The average Bonchev–Trinajstić information content (AvgIpc) is 3.63. The molecule has 1 saturated carbocycles. The van der Waals surface area contributed by atoms with Gasteiger partial charge >= 0.3 is 12.3 Å². The van der Waals surface area contributed by atoms with E-state index in [1.165, 1.54) is 28.2 Å². The maximum absolute atomic E-state index is 13.7. The zero-order valence-electron chi connectivity index (χ0n) is 29.2. The fourth-order valence-corrected chi connectivity index (χ4v) is 7.25. The number of alkyl halides is 3. The third-order valence-corrected chi connectivity index (χ3v) is 9.65. The van der Waals surface area contributed by atoms with Gasteiger partial charge in [0.25, 0.3) is 11.5 Å². The van der Waals surface area contributed by atoms with Gasteiger partial charge in [-0.1, -0.05) is 0 Å². The van der Waals surface area contributed by atoms with Gasteiger partial charge < -0.3 is 30.7 Å². The minimum atomic E-state index is -4.64. The largest absolute Gasteiger partial charge is 0.473 e. The van der Waals surface area contributed by atoms with Crippen molar-refractivity contribution in [2.45, 2.75) is 103 Å². The third kappa shape index (κ3) is 8.74. The lowest BCUT2D eigenvalue weighted by Crippen LogP contribution is -2.47. The number of alkyl carbamates (subject to hydrolysis) is 1. The Hall–Kier alpha value is -4.94. The van der Waals surface area contributed by atoms with Crippen LogP contribution in [0.5, 0.6) is 5.88 Å². The molecule has 0 bridgehead atoms. The van der Waals surface area contributed by atoms with Crippen molar-refractivity contribution in [3.63, 3.8) is 0 Å². The van der Waals surface area contributed by atoms with E-state index >= 15 is 0 Å². The Kier molecular flexibility index (Phi) is 10.3. The zero-order chi connectivity index (χ0) is 37.4. The number of hydrogen-bond donors (Lipinski definition) is 3. The van der Waals surface area contributed by atoms with Crippen molar-refractivity contribution in [1.29, 1.82) is 0 Å². The molecule has 19 heteroatoms. The number of piperidine rings is 1. The Morgan fingerprint density at radius 2 is 1.83 bits per heavy atom. The minimum absolute atomic E-state index is 0.0276. The van der Waals surface area contributed by atoms with Gasteiger partial charge in [-0.2, -0.15) is 23.4 Å². The first kappa shape index (κ1) is 36.8. The smallest absolute Gasteiger partial charge is 0.408 e. The molecular weight excluding hydrogens is 705 g/mol. The summed E-state index contributed by atoms with van der Waals surface area (Å²) >= 11 is 1.25. The number of ether oxygens (including phenoxy) is 2. The molecule has 6 rings (SSSR count). The maximum atomic E-state index is 13.7. The first-order valence-electron chi connectivity index (χ1n) is 17.0. The average molecular weight is 747 g/mol. The number of nitrogens with one attached hydrogen (secondary N) is 2. The molecule has 4 N–H and O–H groups in total. The van der Waals surface area contributed by atoms with Crippen LogP contribution in [0.15, 0.2) is 29.3 Å². The lowest BCUT2D eigenvalue weighted by molar-refractivity contribution is -0.143. The molecule has 1 aliphatic carbocycles. The normalized spacial score (nSPS) is 19.8. The SMILES string of the molecule is Cc1nc(OC2CCC(NC(=O)OC(C)(C)C)CC2)c(C(=O)N[C@@H]2CCCN(c3cc(-c4ccc(=O)n(CC(F)(F)F)n4)n4ncnc(N)c34)C2)s1. The minimum Gasteiger partial charge on any atom is -0.473 e. The number of fused-ring (bicyclic) bond motifs is 1. The molecule has 15 nitrogen and oxygen atoms in total. The van der Waals surface area contributed by atoms with E-state index in [0.717, 1.165) is 6.07 Å². The highest BCUT2D eigenvalue weighted by Crippen LogP contribution is 2.35. The highest BCUT2D eigenvalue weighted by atomic mass is 32.1. The number of carbonyl (C=O) groups excluding carboxylic acids is 2. The summed E-state index contributed by atoms with van der Waals surface area (Å²) in [5.41, 5.74) is 6.26. The van der Waals surface area contributed by atoms with Crippen LogP contribution in [0.1, 0.15) is 74.0 Å². The molecule has 4 aromatic heterocycles. The predicted octanol–water partition coefficient (Wildman–Crippen LogP) is 4.48. The number of thiazole rings is 1. The number of amides is 2. The Labute approximate surface area is 300 Å². The van der Waals surface area contributed by atoms with E-state index in [0.29, 0.717) is 83.1 Å². The standard InChI is InChI=1S/C33H41F3N10O5S/c1-18-40-30(50-21-9-7-19(8-10-21)42-31(49)51-32(2,3)4)27(52-18)29(48)41-20-6-5-13-44(15-20)24-14-23(46-26(24)28(37)38-17-39-46)22-11-12-25(47)45(43-22)16-33(34,35)36/h11-12,14,17,19-21H,5-10,13,15-16H2,1-4H3,(H,41,48)(H,42,49)(H2,37,38,39)/t19?,20-,21?/m1/s1. The van der Waals surface area contributed by atoms with Crippen LogP contribution in [0.3, 0.4) is 0 Å². The van der Waals surface area contributed by atoms with Gasteiger partial charge in [-0.05, 0) is 78.4 Å². The predicted molar refractivity (Wildman–Crippen MR) is 187 cm³/mol. The van der Waals surface area contributed by atoms with Crippen molar-refractivity contribution in [1.82, 2.24) is 40.0 Å². The fourth-order valence-electron chi connectivity index (χ4n) is 6.49. The molecule has 2 fully saturated rings. The van der Waals surface area contributed by atoms with Crippen molar-refractivity contribution in [3.05, 3.63) is 44.8 Å². The monoisotopic (exact) mass is 746 g/mol. The third-order valence-electron chi connectivity index (χ3n) is 8.70. The van der Waals surface area contributed by atoms with Gasteiger partial charge in [-0.15, -0.1) is 11.3 Å². The van der Waals surface area contributed by atoms with Crippen LogP contribution >= 0.6 is 11.3 Å². The molecule has 52 heavy (non-hydrogen) atoms. The van der Waals surface area contributed by atoms with Crippen LogP contribution in [0.4, 0.5) is 29.5 Å². The number of nitrogen functional groups attached to an aromatic ring is 1. The summed E-state index contributed by atoms with van der Waals surface area (Å²) in [7, 11) is 0. The van der Waals surface area contributed by atoms with Gasteiger partial charge in [-0.3, -0.25) is 9.59 Å². The second-order valence-corrected chi connectivity index (χ2v) is 15.2. The topological polar surface area (TPSA) is 184 Å². The lowest BCUT2D eigenvalue weighted by Gasteiger charge is -2.34. The van der Waals surface area contributed by atoms with E-state index in [2.05, 4.69) is 30.8 Å². The summed E-state index contributed by atoms with van der Waals surface area (Å²) < 4.78 is 52.9. The first-order valence-corrected chi connectivity index (χ1v) is 17.8. The van der Waals surface area contributed by atoms with Crippen LogP contribution in [-0.2, 0) is 11.3 Å². The van der Waals surface area contributed by atoms with Gasteiger partial charge in [0.1, 0.15) is 35.8 Å². The quantitative estimate of drug-likeness (QED) is 0.231. The van der Waals surface area contributed by atoms with E-state index < -0.39 is 30.0 Å². The van der Waals surface area contributed by atoms with Gasteiger partial charge in [-0.25, -0.2) is 24.0 Å². The molecule has 0 aromatic carbocycles. The van der Waals surface area contributed by atoms with Crippen LogP contribution < -0.4 is 31.6 Å². The Bertz CT molecular complexity index is 2000.